The summed E-state index contributed by atoms with van der Waals surface area (Å²) in [6.07, 6.45) is 6.61. The number of hydrogen-bond donors (Lipinski definition) is 0. The quantitative estimate of drug-likeness (QED) is 0.725. The van der Waals surface area contributed by atoms with Gasteiger partial charge in [0, 0.05) is 6.54 Å². The van der Waals surface area contributed by atoms with Crippen LogP contribution in [-0.4, -0.2) is 24.5 Å². The molecule has 2 aromatic carbocycles. The first kappa shape index (κ1) is 18.7. The van der Waals surface area contributed by atoms with Crippen LogP contribution in [0.15, 0.2) is 60.7 Å². The maximum absolute atomic E-state index is 10.4. The summed E-state index contributed by atoms with van der Waals surface area (Å²) in [6, 6.07) is 23.4. The monoisotopic (exact) mass is 346 g/mol. The van der Waals surface area contributed by atoms with Crippen LogP contribution in [0.2, 0.25) is 0 Å². The van der Waals surface area contributed by atoms with Crippen molar-refractivity contribution in [1.82, 2.24) is 4.90 Å². The van der Waals surface area contributed by atoms with E-state index in [1.807, 2.05) is 36.4 Å². The molecule has 2 heteroatoms. The molecule has 0 spiro atoms. The van der Waals surface area contributed by atoms with Crippen LogP contribution in [-0.2, 0) is 5.41 Å². The van der Waals surface area contributed by atoms with Crippen molar-refractivity contribution in [3.05, 3.63) is 71.8 Å². The van der Waals surface area contributed by atoms with Gasteiger partial charge in [-0.05, 0) is 43.0 Å². The van der Waals surface area contributed by atoms with Crippen molar-refractivity contribution in [1.29, 1.82) is 5.26 Å². The van der Waals surface area contributed by atoms with Crippen molar-refractivity contribution in [2.45, 2.75) is 44.4 Å². The van der Waals surface area contributed by atoms with E-state index < -0.39 is 5.41 Å². The Labute approximate surface area is 158 Å². The minimum atomic E-state index is -0.606. The lowest BCUT2D eigenvalue weighted by atomic mass is 9.67. The average molecular weight is 347 g/mol. The van der Waals surface area contributed by atoms with Crippen LogP contribution in [0, 0.1) is 17.2 Å². The summed E-state index contributed by atoms with van der Waals surface area (Å²) in [7, 11) is 0. The molecular formula is C24H30N2. The number of benzene rings is 2. The van der Waals surface area contributed by atoms with Crippen LogP contribution in [0.25, 0.3) is 0 Å². The molecule has 0 unspecified atom stereocenters. The maximum atomic E-state index is 10.4. The Kier molecular flexibility index (Phi) is 6.47. The fourth-order valence-electron chi connectivity index (χ4n) is 4.40. The normalized spacial score (nSPS) is 17.7. The van der Waals surface area contributed by atoms with Gasteiger partial charge in [-0.2, -0.15) is 5.26 Å². The van der Waals surface area contributed by atoms with Crippen molar-refractivity contribution >= 4 is 0 Å². The van der Waals surface area contributed by atoms with Gasteiger partial charge in [-0.1, -0.05) is 86.8 Å². The van der Waals surface area contributed by atoms with E-state index in [1.165, 1.54) is 32.1 Å². The van der Waals surface area contributed by atoms with Crippen LogP contribution in [0.5, 0.6) is 0 Å². The van der Waals surface area contributed by atoms with Crippen molar-refractivity contribution < 1.29 is 0 Å². The smallest absolute Gasteiger partial charge is 0.111 e. The molecule has 0 amide bonds. The van der Waals surface area contributed by atoms with Crippen LogP contribution in [0.3, 0.4) is 0 Å². The van der Waals surface area contributed by atoms with E-state index in [2.05, 4.69) is 42.2 Å². The molecule has 2 aromatic rings. The van der Waals surface area contributed by atoms with E-state index in [4.69, 9.17) is 0 Å². The Balaban J connectivity index is 1.93. The van der Waals surface area contributed by atoms with E-state index in [-0.39, 0.29) is 5.92 Å². The molecule has 0 aromatic heterocycles. The van der Waals surface area contributed by atoms with E-state index in [1.54, 1.807) is 0 Å². The second kappa shape index (κ2) is 9.01. The number of likely N-dealkylation sites (tertiary alicyclic amines) is 1. The SMILES string of the molecule is C[C@H](CN1CCCCCCC1)C(C#N)(c1ccccc1)c1ccccc1. The van der Waals surface area contributed by atoms with Gasteiger partial charge in [-0.3, -0.25) is 0 Å². The number of hydrogen-bond acceptors (Lipinski definition) is 2. The largest absolute Gasteiger partial charge is 0.303 e. The van der Waals surface area contributed by atoms with Gasteiger partial charge in [0.25, 0.3) is 0 Å². The van der Waals surface area contributed by atoms with Gasteiger partial charge in [-0.25, -0.2) is 0 Å². The van der Waals surface area contributed by atoms with Crippen molar-refractivity contribution in [3.63, 3.8) is 0 Å². The summed E-state index contributed by atoms with van der Waals surface area (Å²) >= 11 is 0. The second-order valence-corrected chi connectivity index (χ2v) is 7.62. The predicted octanol–water partition coefficient (Wildman–Crippen LogP) is 5.40. The fourth-order valence-corrected chi connectivity index (χ4v) is 4.40. The zero-order valence-corrected chi connectivity index (χ0v) is 15.9. The van der Waals surface area contributed by atoms with Gasteiger partial charge in [0.1, 0.15) is 5.41 Å². The Morgan fingerprint density at radius 3 is 1.77 bits per heavy atom. The van der Waals surface area contributed by atoms with Gasteiger partial charge >= 0.3 is 0 Å². The zero-order chi connectivity index (χ0) is 18.2. The van der Waals surface area contributed by atoms with Gasteiger partial charge in [-0.15, -0.1) is 0 Å². The van der Waals surface area contributed by atoms with Crippen molar-refractivity contribution in [2.75, 3.05) is 19.6 Å². The lowest BCUT2D eigenvalue weighted by molar-refractivity contribution is 0.197. The third-order valence-electron chi connectivity index (χ3n) is 5.85. The number of rotatable bonds is 5. The summed E-state index contributed by atoms with van der Waals surface area (Å²) < 4.78 is 0. The molecule has 0 N–H and O–H groups in total. The standard InChI is InChI=1S/C24H30N2/c1-21(19-26-17-11-3-2-4-12-18-26)24(20-25,22-13-7-5-8-14-22)23-15-9-6-10-16-23/h5-10,13-16,21H,2-4,11-12,17-19H2,1H3/t21-/m1/s1. The first-order chi connectivity index (χ1) is 12.8. The summed E-state index contributed by atoms with van der Waals surface area (Å²) in [6.45, 7) is 5.55. The molecule has 0 bridgehead atoms. The summed E-state index contributed by atoms with van der Waals surface area (Å²) in [5.74, 6) is 0.219. The summed E-state index contributed by atoms with van der Waals surface area (Å²) in [4.78, 5) is 2.59. The molecule has 26 heavy (non-hydrogen) atoms. The molecule has 1 aliphatic rings. The first-order valence-corrected chi connectivity index (χ1v) is 10.0. The lowest BCUT2D eigenvalue weighted by Gasteiger charge is -2.37. The average Bonchev–Trinajstić information content (AvgIpc) is 2.67. The third-order valence-corrected chi connectivity index (χ3v) is 5.85. The first-order valence-electron chi connectivity index (χ1n) is 10.0. The topological polar surface area (TPSA) is 27.0 Å². The second-order valence-electron chi connectivity index (χ2n) is 7.62. The predicted molar refractivity (Wildman–Crippen MR) is 108 cm³/mol. The minimum Gasteiger partial charge on any atom is -0.303 e. The van der Waals surface area contributed by atoms with E-state index in [9.17, 15) is 5.26 Å². The molecular weight excluding hydrogens is 316 g/mol. The Morgan fingerprint density at radius 1 is 0.846 bits per heavy atom. The molecule has 1 saturated heterocycles. The summed E-state index contributed by atoms with van der Waals surface area (Å²) in [5.41, 5.74) is 1.60. The maximum Gasteiger partial charge on any atom is 0.111 e. The van der Waals surface area contributed by atoms with Crippen LogP contribution >= 0.6 is 0 Å². The van der Waals surface area contributed by atoms with E-state index in [0.29, 0.717) is 0 Å². The lowest BCUT2D eigenvalue weighted by Crippen LogP contribution is -2.42. The van der Waals surface area contributed by atoms with Crippen LogP contribution < -0.4 is 0 Å². The highest BCUT2D eigenvalue weighted by Gasteiger charge is 2.40. The van der Waals surface area contributed by atoms with Gasteiger partial charge in [0.15, 0.2) is 0 Å². The molecule has 136 valence electrons. The molecule has 1 aliphatic heterocycles. The molecule has 0 radical (unpaired) electrons. The molecule has 1 atom stereocenters. The van der Waals surface area contributed by atoms with Crippen LogP contribution in [0.1, 0.15) is 50.2 Å². The number of nitriles is 1. The van der Waals surface area contributed by atoms with Gasteiger partial charge in [0.05, 0.1) is 6.07 Å². The summed E-state index contributed by atoms with van der Waals surface area (Å²) in [5, 5.41) is 10.4. The van der Waals surface area contributed by atoms with Gasteiger partial charge < -0.3 is 4.90 Å². The van der Waals surface area contributed by atoms with Crippen LogP contribution in [0.4, 0.5) is 0 Å². The third kappa shape index (κ3) is 4.00. The minimum absolute atomic E-state index is 0.219. The molecule has 1 heterocycles. The molecule has 0 aliphatic carbocycles. The molecule has 2 nitrogen and oxygen atoms in total. The highest BCUT2D eigenvalue weighted by atomic mass is 15.1. The van der Waals surface area contributed by atoms with Crippen molar-refractivity contribution in [2.24, 2.45) is 5.92 Å². The van der Waals surface area contributed by atoms with E-state index >= 15 is 0 Å². The fraction of sp³-hybridized carbons (Fsp3) is 0.458. The number of nitrogens with zero attached hydrogens (tertiary/aromatic N) is 2. The van der Waals surface area contributed by atoms with Crippen molar-refractivity contribution in [3.8, 4) is 6.07 Å². The Morgan fingerprint density at radius 2 is 1.31 bits per heavy atom. The van der Waals surface area contributed by atoms with Gasteiger partial charge in [0.2, 0.25) is 0 Å². The zero-order valence-electron chi connectivity index (χ0n) is 15.9. The Hall–Kier alpha value is -2.11. The van der Waals surface area contributed by atoms with E-state index in [0.717, 1.165) is 30.8 Å². The molecule has 1 fully saturated rings. The highest BCUT2D eigenvalue weighted by molar-refractivity contribution is 5.46. The highest BCUT2D eigenvalue weighted by Crippen LogP contribution is 2.39. The Bertz CT molecular complexity index is 654. The molecule has 3 rings (SSSR count). The molecule has 0 saturated carbocycles.